The normalized spacial score (nSPS) is 17.5. The molecular weight excluding hydrogens is 373 g/mol. The van der Waals surface area contributed by atoms with Gasteiger partial charge in [-0.05, 0) is 54.8 Å². The van der Waals surface area contributed by atoms with Crippen molar-refractivity contribution >= 4 is 22.9 Å². The molecule has 1 fully saturated rings. The zero-order chi connectivity index (χ0) is 18.2. The smallest absolute Gasteiger partial charge is 0.142 e. The van der Waals surface area contributed by atoms with Crippen molar-refractivity contribution in [1.82, 2.24) is 4.98 Å². The molecular formula is C20H17ClFNO2S. The number of aromatic nitrogens is 1. The van der Waals surface area contributed by atoms with E-state index >= 15 is 0 Å². The Morgan fingerprint density at radius 2 is 1.85 bits per heavy atom. The van der Waals surface area contributed by atoms with Gasteiger partial charge < -0.3 is 9.84 Å². The van der Waals surface area contributed by atoms with Crippen molar-refractivity contribution in [3.05, 3.63) is 81.5 Å². The van der Waals surface area contributed by atoms with Crippen LogP contribution in [0.25, 0.3) is 0 Å². The van der Waals surface area contributed by atoms with Crippen LogP contribution in [0.2, 0.25) is 5.02 Å². The van der Waals surface area contributed by atoms with E-state index in [1.54, 1.807) is 36.0 Å². The molecule has 3 nitrogen and oxygen atoms in total. The lowest BCUT2D eigenvalue weighted by Gasteiger charge is -2.37. The number of ether oxygens (including phenoxy) is 1. The highest BCUT2D eigenvalue weighted by Gasteiger charge is 2.62. The van der Waals surface area contributed by atoms with Crippen LogP contribution in [-0.2, 0) is 12.0 Å². The summed E-state index contributed by atoms with van der Waals surface area (Å²) in [6, 6.07) is 13.1. The number of hydrogen-bond donors (Lipinski definition) is 1. The van der Waals surface area contributed by atoms with Crippen molar-refractivity contribution in [3.63, 3.8) is 0 Å². The Morgan fingerprint density at radius 1 is 1.15 bits per heavy atom. The van der Waals surface area contributed by atoms with Gasteiger partial charge in [0.1, 0.15) is 22.8 Å². The van der Waals surface area contributed by atoms with Crippen molar-refractivity contribution < 1.29 is 14.2 Å². The fourth-order valence-corrected chi connectivity index (χ4v) is 4.07. The summed E-state index contributed by atoms with van der Waals surface area (Å²) in [5.74, 6) is 0.223. The molecule has 6 heteroatoms. The van der Waals surface area contributed by atoms with Gasteiger partial charge in [0.05, 0.1) is 5.51 Å². The summed E-state index contributed by atoms with van der Waals surface area (Å²) in [5, 5.41) is 12.4. The van der Waals surface area contributed by atoms with E-state index in [2.05, 4.69) is 4.98 Å². The highest BCUT2D eigenvalue weighted by molar-refractivity contribution is 7.09. The number of halogens is 2. The summed E-state index contributed by atoms with van der Waals surface area (Å²) >= 11 is 7.52. The molecule has 26 heavy (non-hydrogen) atoms. The SMILES string of the molecule is OC(Cc1cncs1)(c1ccc(Cl)cc1)C1(Oc2ccc(F)cc2)CC1. The quantitative estimate of drug-likeness (QED) is 0.646. The molecule has 134 valence electrons. The molecule has 0 aliphatic heterocycles. The molecule has 3 aromatic rings. The van der Waals surface area contributed by atoms with Gasteiger partial charge in [0.25, 0.3) is 0 Å². The number of aliphatic hydroxyl groups is 1. The number of thiazole rings is 1. The fraction of sp³-hybridized carbons (Fsp3) is 0.250. The second-order valence-electron chi connectivity index (χ2n) is 6.56. The van der Waals surface area contributed by atoms with Crippen LogP contribution in [0.1, 0.15) is 23.3 Å². The van der Waals surface area contributed by atoms with Gasteiger partial charge in [0.15, 0.2) is 0 Å². The summed E-state index contributed by atoms with van der Waals surface area (Å²) in [7, 11) is 0. The Kier molecular flexibility index (Phi) is 4.47. The minimum absolute atomic E-state index is 0.320. The molecule has 1 aliphatic rings. The molecule has 1 heterocycles. The maximum atomic E-state index is 13.2. The van der Waals surface area contributed by atoms with Crippen LogP contribution in [0.3, 0.4) is 0 Å². The van der Waals surface area contributed by atoms with Crippen LogP contribution in [0.5, 0.6) is 5.75 Å². The second kappa shape index (κ2) is 6.65. The summed E-state index contributed by atoms with van der Waals surface area (Å²) in [6.45, 7) is 0. The summed E-state index contributed by atoms with van der Waals surface area (Å²) in [6.07, 6.45) is 3.57. The Labute approximate surface area is 160 Å². The van der Waals surface area contributed by atoms with Crippen molar-refractivity contribution in [2.24, 2.45) is 0 Å². The Morgan fingerprint density at radius 3 is 2.42 bits per heavy atom. The maximum absolute atomic E-state index is 13.2. The van der Waals surface area contributed by atoms with Gasteiger partial charge in [-0.2, -0.15) is 0 Å². The van der Waals surface area contributed by atoms with Gasteiger partial charge in [-0.25, -0.2) is 4.39 Å². The van der Waals surface area contributed by atoms with Gasteiger partial charge in [0, 0.05) is 22.5 Å². The topological polar surface area (TPSA) is 42.4 Å². The van der Waals surface area contributed by atoms with Gasteiger partial charge in [-0.15, -0.1) is 11.3 Å². The molecule has 1 atom stereocenters. The molecule has 1 aromatic heterocycles. The molecule has 0 bridgehead atoms. The molecule has 0 saturated heterocycles. The zero-order valence-corrected chi connectivity index (χ0v) is 15.4. The average Bonchev–Trinajstić information content (AvgIpc) is 3.25. The number of hydrogen-bond acceptors (Lipinski definition) is 4. The minimum atomic E-state index is -1.24. The highest BCUT2D eigenvalue weighted by Crippen LogP contribution is 2.54. The summed E-state index contributed by atoms with van der Waals surface area (Å²) in [5.41, 5.74) is 0.494. The Bertz CT molecular complexity index is 879. The monoisotopic (exact) mass is 389 g/mol. The van der Waals surface area contributed by atoms with Crippen molar-refractivity contribution in [2.75, 3.05) is 0 Å². The molecule has 4 rings (SSSR count). The third kappa shape index (κ3) is 3.22. The molecule has 1 aliphatic carbocycles. The summed E-state index contributed by atoms with van der Waals surface area (Å²) < 4.78 is 19.4. The minimum Gasteiger partial charge on any atom is -0.484 e. The molecule has 1 saturated carbocycles. The summed E-state index contributed by atoms with van der Waals surface area (Å²) in [4.78, 5) is 5.08. The second-order valence-corrected chi connectivity index (χ2v) is 7.97. The Balaban J connectivity index is 1.72. The van der Waals surface area contributed by atoms with Gasteiger partial charge >= 0.3 is 0 Å². The van der Waals surface area contributed by atoms with Crippen molar-refractivity contribution in [3.8, 4) is 5.75 Å². The first-order chi connectivity index (χ1) is 12.5. The molecule has 0 amide bonds. The predicted octanol–water partition coefficient (Wildman–Crippen LogP) is 4.98. The van der Waals surface area contributed by atoms with E-state index in [1.165, 1.54) is 23.5 Å². The van der Waals surface area contributed by atoms with Gasteiger partial charge in [0.2, 0.25) is 0 Å². The van der Waals surface area contributed by atoms with Crippen molar-refractivity contribution in [2.45, 2.75) is 30.5 Å². The van der Waals surface area contributed by atoms with Crippen LogP contribution in [0.15, 0.2) is 60.2 Å². The van der Waals surface area contributed by atoms with Crippen LogP contribution in [0.4, 0.5) is 4.39 Å². The molecule has 0 spiro atoms. The third-order valence-corrected chi connectivity index (χ3v) is 5.85. The lowest BCUT2D eigenvalue weighted by atomic mass is 9.82. The largest absolute Gasteiger partial charge is 0.484 e. The lowest BCUT2D eigenvalue weighted by Crippen LogP contribution is -2.47. The lowest BCUT2D eigenvalue weighted by molar-refractivity contribution is -0.0841. The molecule has 2 aromatic carbocycles. The van der Waals surface area contributed by atoms with Gasteiger partial charge in [-0.1, -0.05) is 23.7 Å². The van der Waals surface area contributed by atoms with E-state index in [-0.39, 0.29) is 5.82 Å². The van der Waals surface area contributed by atoms with E-state index in [1.807, 2.05) is 12.1 Å². The highest BCUT2D eigenvalue weighted by atomic mass is 35.5. The number of nitrogens with zero attached hydrogens (tertiary/aromatic N) is 1. The zero-order valence-electron chi connectivity index (χ0n) is 13.9. The van der Waals surface area contributed by atoms with Crippen LogP contribution in [-0.4, -0.2) is 15.7 Å². The fourth-order valence-electron chi connectivity index (χ4n) is 3.28. The maximum Gasteiger partial charge on any atom is 0.142 e. The van der Waals surface area contributed by atoms with E-state index < -0.39 is 11.2 Å². The van der Waals surface area contributed by atoms with E-state index in [0.717, 1.165) is 10.4 Å². The standard InChI is InChI=1S/C20H17ClFNO2S/c21-15-3-1-14(2-4-15)20(24,11-18-12-23-13-26-18)19(9-10-19)25-17-7-5-16(22)6-8-17/h1-8,12-13,24H,9-11H2. The molecule has 1 unspecified atom stereocenters. The first kappa shape index (κ1) is 17.5. The van der Waals surface area contributed by atoms with E-state index in [4.69, 9.17) is 16.3 Å². The number of rotatable bonds is 6. The van der Waals surface area contributed by atoms with Crippen LogP contribution in [0, 0.1) is 5.82 Å². The molecule has 1 N–H and O–H groups in total. The average molecular weight is 390 g/mol. The third-order valence-electron chi connectivity index (χ3n) is 4.82. The van der Waals surface area contributed by atoms with E-state index in [9.17, 15) is 9.50 Å². The van der Waals surface area contributed by atoms with Crippen LogP contribution < -0.4 is 4.74 Å². The molecule has 0 radical (unpaired) electrons. The predicted molar refractivity (Wildman–Crippen MR) is 100 cm³/mol. The first-order valence-electron chi connectivity index (χ1n) is 8.31. The van der Waals surface area contributed by atoms with Crippen molar-refractivity contribution in [1.29, 1.82) is 0 Å². The van der Waals surface area contributed by atoms with Gasteiger partial charge in [-0.3, -0.25) is 4.98 Å². The first-order valence-corrected chi connectivity index (χ1v) is 9.57. The van der Waals surface area contributed by atoms with Crippen LogP contribution >= 0.6 is 22.9 Å². The Hall–Kier alpha value is -1.95. The van der Waals surface area contributed by atoms with E-state index in [0.29, 0.717) is 30.0 Å². The number of benzene rings is 2.